The van der Waals surface area contributed by atoms with Crippen LogP contribution < -0.4 is 5.32 Å². The molecule has 0 fully saturated rings. The Hall–Kier alpha value is -1.12. The highest BCUT2D eigenvalue weighted by Crippen LogP contribution is 1.97. The number of hydrogen-bond donors (Lipinski definition) is 1. The zero-order chi connectivity index (χ0) is 6.69. The van der Waals surface area contributed by atoms with E-state index in [0.717, 1.165) is 6.29 Å². The number of carbonyl (C=O) groups excluding carboxylic acids is 2. The molecular formula is C6H7NO2. The van der Waals surface area contributed by atoms with Crippen LogP contribution in [0.5, 0.6) is 0 Å². The molecule has 0 spiro atoms. The van der Waals surface area contributed by atoms with Crippen molar-refractivity contribution in [3.8, 4) is 0 Å². The first-order valence-electron chi connectivity index (χ1n) is 2.75. The van der Waals surface area contributed by atoms with Crippen LogP contribution in [0.3, 0.4) is 0 Å². The van der Waals surface area contributed by atoms with Crippen LogP contribution in [-0.4, -0.2) is 18.2 Å². The van der Waals surface area contributed by atoms with Gasteiger partial charge in [0.25, 0.3) is 0 Å². The highest BCUT2D eigenvalue weighted by molar-refractivity contribution is 5.90. The first-order chi connectivity index (χ1) is 4.33. The Bertz CT molecular complexity index is 162. The lowest BCUT2D eigenvalue weighted by molar-refractivity contribution is -0.116. The third-order valence-electron chi connectivity index (χ3n) is 1.16. The molecule has 0 saturated heterocycles. The van der Waals surface area contributed by atoms with Gasteiger partial charge in [0.2, 0.25) is 5.91 Å². The molecule has 0 aliphatic carbocycles. The van der Waals surface area contributed by atoms with Crippen molar-refractivity contribution < 1.29 is 9.59 Å². The van der Waals surface area contributed by atoms with Crippen molar-refractivity contribution >= 4 is 12.2 Å². The van der Waals surface area contributed by atoms with E-state index < -0.39 is 0 Å². The fraction of sp³-hybridized carbons (Fsp3) is 0.333. The average Bonchev–Trinajstić information content (AvgIpc) is 2.17. The van der Waals surface area contributed by atoms with E-state index in [-0.39, 0.29) is 11.9 Å². The number of nitrogens with one attached hydrogen (secondary N) is 1. The van der Waals surface area contributed by atoms with E-state index >= 15 is 0 Å². The van der Waals surface area contributed by atoms with Crippen molar-refractivity contribution in [1.82, 2.24) is 5.32 Å². The summed E-state index contributed by atoms with van der Waals surface area (Å²) in [6, 6.07) is -0.0602. The summed E-state index contributed by atoms with van der Waals surface area (Å²) in [7, 11) is 0. The Morgan fingerprint density at radius 2 is 2.56 bits per heavy atom. The van der Waals surface area contributed by atoms with Gasteiger partial charge in [-0.05, 0) is 0 Å². The number of hydrogen-bond acceptors (Lipinski definition) is 2. The highest BCUT2D eigenvalue weighted by Gasteiger charge is 2.11. The Labute approximate surface area is 52.7 Å². The van der Waals surface area contributed by atoms with Crippen molar-refractivity contribution in [2.75, 3.05) is 0 Å². The molecule has 1 aliphatic rings. The van der Waals surface area contributed by atoms with E-state index in [2.05, 4.69) is 5.32 Å². The van der Waals surface area contributed by atoms with Crippen molar-refractivity contribution in [1.29, 1.82) is 0 Å². The van der Waals surface area contributed by atoms with E-state index in [1.54, 1.807) is 6.08 Å². The van der Waals surface area contributed by atoms with Crippen LogP contribution in [0.25, 0.3) is 0 Å². The third kappa shape index (κ3) is 1.38. The summed E-state index contributed by atoms with van der Waals surface area (Å²) in [6.07, 6.45) is 4.30. The molecule has 1 atom stereocenters. The van der Waals surface area contributed by atoms with Gasteiger partial charge < -0.3 is 10.1 Å². The van der Waals surface area contributed by atoms with Crippen molar-refractivity contribution in [3.05, 3.63) is 12.2 Å². The van der Waals surface area contributed by atoms with E-state index in [9.17, 15) is 9.59 Å². The van der Waals surface area contributed by atoms with Crippen molar-refractivity contribution in [2.45, 2.75) is 12.5 Å². The predicted octanol–water partition coefficient (Wildman–Crippen LogP) is -0.370. The number of carbonyl (C=O) groups is 2. The minimum atomic E-state index is -0.109. The molecule has 3 heteroatoms. The topological polar surface area (TPSA) is 46.2 Å². The van der Waals surface area contributed by atoms with E-state index in [1.807, 2.05) is 0 Å². The minimum absolute atomic E-state index is 0.0602. The molecule has 1 unspecified atom stereocenters. The molecule has 0 radical (unpaired) electrons. The molecule has 48 valence electrons. The lowest BCUT2D eigenvalue weighted by Crippen LogP contribution is -2.26. The summed E-state index contributed by atoms with van der Waals surface area (Å²) in [6.45, 7) is 0. The maximum absolute atomic E-state index is 10.4. The Morgan fingerprint density at radius 3 is 3.00 bits per heavy atom. The van der Waals surface area contributed by atoms with Crippen LogP contribution in [0.2, 0.25) is 0 Å². The normalized spacial score (nSPS) is 24.0. The second-order valence-electron chi connectivity index (χ2n) is 1.88. The smallest absolute Gasteiger partial charge is 0.244 e. The van der Waals surface area contributed by atoms with Gasteiger partial charge >= 0.3 is 0 Å². The molecule has 0 bridgehead atoms. The Kier molecular flexibility index (Phi) is 1.63. The minimum Gasteiger partial charge on any atom is -0.346 e. The lowest BCUT2D eigenvalue weighted by atomic mass is 10.2. The van der Waals surface area contributed by atoms with Gasteiger partial charge in [-0.2, -0.15) is 0 Å². The summed E-state index contributed by atoms with van der Waals surface area (Å²) in [4.78, 5) is 20.3. The standard InChI is InChI=1S/C6H7NO2/c8-4-3-5-1-2-6(9)7-5/h1-2,4-5H,3H2,(H,7,9). The van der Waals surface area contributed by atoms with Crippen molar-refractivity contribution in [3.63, 3.8) is 0 Å². The van der Waals surface area contributed by atoms with Gasteiger partial charge in [-0.1, -0.05) is 6.08 Å². The molecule has 1 amide bonds. The summed E-state index contributed by atoms with van der Waals surface area (Å²) < 4.78 is 0. The summed E-state index contributed by atoms with van der Waals surface area (Å²) in [5, 5.41) is 2.57. The first kappa shape index (κ1) is 6.01. The SMILES string of the molecule is O=CCC1C=CC(=O)N1. The molecule has 1 rings (SSSR count). The zero-order valence-corrected chi connectivity index (χ0v) is 4.83. The molecule has 1 aliphatic heterocycles. The highest BCUT2D eigenvalue weighted by atomic mass is 16.1. The summed E-state index contributed by atoms with van der Waals surface area (Å²) in [5.41, 5.74) is 0. The summed E-state index contributed by atoms with van der Waals surface area (Å²) in [5.74, 6) is -0.109. The lowest BCUT2D eigenvalue weighted by Gasteiger charge is -2.00. The molecule has 0 aromatic heterocycles. The molecule has 9 heavy (non-hydrogen) atoms. The Morgan fingerprint density at radius 1 is 1.78 bits per heavy atom. The van der Waals surface area contributed by atoms with Gasteiger partial charge in [0.05, 0.1) is 6.04 Å². The molecule has 0 saturated carbocycles. The quantitative estimate of drug-likeness (QED) is 0.512. The second-order valence-corrected chi connectivity index (χ2v) is 1.88. The van der Waals surface area contributed by atoms with Gasteiger partial charge in [0.15, 0.2) is 0 Å². The molecule has 3 nitrogen and oxygen atoms in total. The van der Waals surface area contributed by atoms with E-state index in [4.69, 9.17) is 0 Å². The maximum Gasteiger partial charge on any atom is 0.244 e. The van der Waals surface area contributed by atoms with Crippen LogP contribution >= 0.6 is 0 Å². The maximum atomic E-state index is 10.4. The van der Waals surface area contributed by atoms with Gasteiger partial charge in [-0.25, -0.2) is 0 Å². The van der Waals surface area contributed by atoms with Crippen LogP contribution in [0.15, 0.2) is 12.2 Å². The average molecular weight is 125 g/mol. The number of amides is 1. The predicted molar refractivity (Wildman–Crippen MR) is 31.8 cm³/mol. The number of aldehydes is 1. The van der Waals surface area contributed by atoms with Crippen LogP contribution in [0.1, 0.15) is 6.42 Å². The Balaban J connectivity index is 2.40. The monoisotopic (exact) mass is 125 g/mol. The molecular weight excluding hydrogens is 118 g/mol. The fourth-order valence-electron chi connectivity index (χ4n) is 0.724. The molecule has 0 aromatic carbocycles. The molecule has 0 aromatic rings. The largest absolute Gasteiger partial charge is 0.346 e. The van der Waals surface area contributed by atoms with E-state index in [0.29, 0.717) is 6.42 Å². The van der Waals surface area contributed by atoms with Gasteiger partial charge in [0.1, 0.15) is 6.29 Å². The molecule has 1 N–H and O–H groups in total. The van der Waals surface area contributed by atoms with E-state index in [1.165, 1.54) is 6.08 Å². The van der Waals surface area contributed by atoms with Crippen LogP contribution in [0.4, 0.5) is 0 Å². The summed E-state index contributed by atoms with van der Waals surface area (Å²) >= 11 is 0. The first-order valence-corrected chi connectivity index (χ1v) is 2.75. The zero-order valence-electron chi connectivity index (χ0n) is 4.83. The van der Waals surface area contributed by atoms with Gasteiger partial charge in [-0.3, -0.25) is 4.79 Å². The van der Waals surface area contributed by atoms with Gasteiger partial charge in [0, 0.05) is 12.5 Å². The molecule has 1 heterocycles. The van der Waals surface area contributed by atoms with Crippen LogP contribution in [-0.2, 0) is 9.59 Å². The van der Waals surface area contributed by atoms with Gasteiger partial charge in [-0.15, -0.1) is 0 Å². The fourth-order valence-corrected chi connectivity index (χ4v) is 0.724. The third-order valence-corrected chi connectivity index (χ3v) is 1.16. The second kappa shape index (κ2) is 2.44. The van der Waals surface area contributed by atoms with Crippen molar-refractivity contribution in [2.24, 2.45) is 0 Å². The van der Waals surface area contributed by atoms with Crippen LogP contribution in [0, 0.1) is 0 Å². The number of rotatable bonds is 2.